The molecule has 1 unspecified atom stereocenters. The molecule has 0 aliphatic carbocycles. The standard InChI is InChI=1S/C25H24N2O6/c28-19-6-7-20-17(13-24(30)32-21(20)14-19)12-23(29)26-10-8-18(9-11-26)27-15-22(33-25(27)31)16-4-2-1-3-5-16/h1-7,13-14,18,22,28H,8-12,15H2. The lowest BCUT2D eigenvalue weighted by molar-refractivity contribution is -0.131. The summed E-state index contributed by atoms with van der Waals surface area (Å²) in [5.41, 5.74) is 1.25. The Morgan fingerprint density at radius 1 is 1.03 bits per heavy atom. The van der Waals surface area contributed by atoms with E-state index >= 15 is 0 Å². The molecule has 0 radical (unpaired) electrons. The van der Waals surface area contributed by atoms with Gasteiger partial charge in [-0.3, -0.25) is 4.79 Å². The number of carbonyl (C=O) groups excluding carboxylic acids is 2. The number of amides is 2. The third kappa shape index (κ3) is 4.28. The number of piperidine rings is 1. The number of phenols is 1. The van der Waals surface area contributed by atoms with E-state index in [0.717, 1.165) is 5.56 Å². The Morgan fingerprint density at radius 3 is 2.55 bits per heavy atom. The molecule has 3 heterocycles. The van der Waals surface area contributed by atoms with Crippen LogP contribution in [0.3, 0.4) is 0 Å². The largest absolute Gasteiger partial charge is 0.508 e. The molecule has 1 aromatic heterocycles. The Hall–Kier alpha value is -3.81. The predicted octanol–water partition coefficient (Wildman–Crippen LogP) is 3.23. The van der Waals surface area contributed by atoms with E-state index in [1.807, 2.05) is 30.3 Å². The number of rotatable bonds is 4. The van der Waals surface area contributed by atoms with Gasteiger partial charge in [0, 0.05) is 36.7 Å². The highest BCUT2D eigenvalue weighted by atomic mass is 16.6. The Bertz CT molecular complexity index is 1250. The van der Waals surface area contributed by atoms with E-state index < -0.39 is 5.63 Å². The van der Waals surface area contributed by atoms with Gasteiger partial charge in [0.2, 0.25) is 5.91 Å². The van der Waals surface area contributed by atoms with Crippen molar-refractivity contribution in [1.82, 2.24) is 9.80 Å². The van der Waals surface area contributed by atoms with Gasteiger partial charge >= 0.3 is 11.7 Å². The molecular formula is C25H24N2O6. The zero-order valence-corrected chi connectivity index (χ0v) is 18.0. The van der Waals surface area contributed by atoms with Crippen molar-refractivity contribution >= 4 is 23.0 Å². The Balaban J connectivity index is 1.22. The molecule has 33 heavy (non-hydrogen) atoms. The molecule has 0 spiro atoms. The van der Waals surface area contributed by atoms with Gasteiger partial charge in [0.05, 0.1) is 13.0 Å². The van der Waals surface area contributed by atoms with Gasteiger partial charge < -0.3 is 24.1 Å². The summed E-state index contributed by atoms with van der Waals surface area (Å²) in [6.07, 6.45) is 0.844. The first kappa shape index (κ1) is 21.1. The quantitative estimate of drug-likeness (QED) is 0.615. The Labute approximate surface area is 190 Å². The number of hydrogen-bond donors (Lipinski definition) is 1. The summed E-state index contributed by atoms with van der Waals surface area (Å²) < 4.78 is 10.7. The highest BCUT2D eigenvalue weighted by Crippen LogP contribution is 2.30. The van der Waals surface area contributed by atoms with Gasteiger partial charge in [-0.2, -0.15) is 0 Å². The molecule has 8 heteroatoms. The monoisotopic (exact) mass is 448 g/mol. The van der Waals surface area contributed by atoms with Crippen LogP contribution in [0.4, 0.5) is 4.79 Å². The number of benzene rings is 2. The van der Waals surface area contributed by atoms with Gasteiger partial charge in [-0.1, -0.05) is 30.3 Å². The van der Waals surface area contributed by atoms with Gasteiger partial charge in [-0.05, 0) is 36.1 Å². The zero-order valence-electron chi connectivity index (χ0n) is 18.0. The summed E-state index contributed by atoms with van der Waals surface area (Å²) in [7, 11) is 0. The first-order chi connectivity index (χ1) is 16.0. The second-order valence-corrected chi connectivity index (χ2v) is 8.50. The first-order valence-electron chi connectivity index (χ1n) is 11.0. The van der Waals surface area contributed by atoms with Crippen molar-refractivity contribution in [2.75, 3.05) is 19.6 Å². The van der Waals surface area contributed by atoms with Crippen LogP contribution in [0, 0.1) is 0 Å². The van der Waals surface area contributed by atoms with Crippen LogP contribution < -0.4 is 5.63 Å². The lowest BCUT2D eigenvalue weighted by atomic mass is 10.0. The summed E-state index contributed by atoms with van der Waals surface area (Å²) in [4.78, 5) is 40.9. The maximum Gasteiger partial charge on any atom is 0.410 e. The van der Waals surface area contributed by atoms with E-state index in [1.54, 1.807) is 15.9 Å². The van der Waals surface area contributed by atoms with E-state index in [2.05, 4.69) is 0 Å². The molecule has 2 aliphatic heterocycles. The van der Waals surface area contributed by atoms with Crippen LogP contribution in [0.25, 0.3) is 11.0 Å². The smallest absolute Gasteiger partial charge is 0.410 e. The molecule has 0 bridgehead atoms. The van der Waals surface area contributed by atoms with Crippen LogP contribution in [0.2, 0.25) is 0 Å². The zero-order chi connectivity index (χ0) is 22.9. The number of nitrogens with zero attached hydrogens (tertiary/aromatic N) is 2. The van der Waals surface area contributed by atoms with Crippen molar-refractivity contribution < 1.29 is 23.8 Å². The Morgan fingerprint density at radius 2 is 1.79 bits per heavy atom. The van der Waals surface area contributed by atoms with E-state index in [4.69, 9.17) is 9.15 Å². The minimum absolute atomic E-state index is 0.00820. The van der Waals surface area contributed by atoms with Crippen molar-refractivity contribution in [3.8, 4) is 5.75 Å². The second-order valence-electron chi connectivity index (χ2n) is 8.50. The molecule has 2 aliphatic rings. The van der Waals surface area contributed by atoms with Gasteiger partial charge in [0.1, 0.15) is 17.4 Å². The topological polar surface area (TPSA) is 100 Å². The summed E-state index contributed by atoms with van der Waals surface area (Å²) in [6, 6.07) is 15.6. The van der Waals surface area contributed by atoms with Crippen LogP contribution in [0.1, 0.15) is 30.1 Å². The molecule has 2 amide bonds. The average Bonchev–Trinajstić information content (AvgIpc) is 3.21. The summed E-state index contributed by atoms with van der Waals surface area (Å²) in [5, 5.41) is 10.3. The van der Waals surface area contributed by atoms with E-state index in [-0.39, 0.29) is 41.9 Å². The van der Waals surface area contributed by atoms with Gasteiger partial charge in [0.25, 0.3) is 0 Å². The lowest BCUT2D eigenvalue weighted by Gasteiger charge is -2.35. The normalized spacial score (nSPS) is 19.2. The fourth-order valence-electron chi connectivity index (χ4n) is 4.69. The Kier molecular flexibility index (Phi) is 5.50. The van der Waals surface area contributed by atoms with E-state index in [0.29, 0.717) is 43.4 Å². The van der Waals surface area contributed by atoms with Gasteiger partial charge in [-0.15, -0.1) is 0 Å². The molecule has 2 fully saturated rings. The van der Waals surface area contributed by atoms with Gasteiger partial charge in [-0.25, -0.2) is 9.59 Å². The van der Waals surface area contributed by atoms with Gasteiger partial charge in [0.15, 0.2) is 0 Å². The minimum atomic E-state index is -0.560. The van der Waals surface area contributed by atoms with Crippen LogP contribution in [-0.4, -0.2) is 52.6 Å². The fraction of sp³-hybridized carbons (Fsp3) is 0.320. The molecule has 8 nitrogen and oxygen atoms in total. The second kappa shape index (κ2) is 8.61. The van der Waals surface area contributed by atoms with Crippen molar-refractivity contribution in [3.63, 3.8) is 0 Å². The van der Waals surface area contributed by atoms with Crippen LogP contribution in [0.15, 0.2) is 63.8 Å². The molecular weight excluding hydrogens is 424 g/mol. The van der Waals surface area contributed by atoms with Crippen LogP contribution >= 0.6 is 0 Å². The molecule has 3 aromatic rings. The number of likely N-dealkylation sites (tertiary alicyclic amines) is 1. The first-order valence-corrected chi connectivity index (χ1v) is 11.0. The maximum absolute atomic E-state index is 13.0. The number of fused-ring (bicyclic) bond motifs is 1. The number of cyclic esters (lactones) is 1. The summed E-state index contributed by atoms with van der Waals surface area (Å²) >= 11 is 0. The van der Waals surface area contributed by atoms with Crippen molar-refractivity contribution in [1.29, 1.82) is 0 Å². The van der Waals surface area contributed by atoms with E-state index in [1.165, 1.54) is 18.2 Å². The fourth-order valence-corrected chi connectivity index (χ4v) is 4.69. The van der Waals surface area contributed by atoms with Crippen molar-refractivity contribution in [2.45, 2.75) is 31.4 Å². The van der Waals surface area contributed by atoms with Crippen LogP contribution in [0.5, 0.6) is 5.75 Å². The third-order valence-electron chi connectivity index (χ3n) is 6.42. The lowest BCUT2D eigenvalue weighted by Crippen LogP contribution is -2.47. The molecule has 1 atom stereocenters. The van der Waals surface area contributed by atoms with Crippen molar-refractivity contribution in [2.24, 2.45) is 0 Å². The highest BCUT2D eigenvalue weighted by Gasteiger charge is 2.38. The molecule has 0 saturated carbocycles. The van der Waals surface area contributed by atoms with E-state index in [9.17, 15) is 19.5 Å². The van der Waals surface area contributed by atoms with Crippen LogP contribution in [-0.2, 0) is 16.0 Å². The SMILES string of the molecule is O=C(Cc1cc(=O)oc2cc(O)ccc12)N1CCC(N2CC(c3ccccc3)OC2=O)CC1. The number of phenolic OH excluding ortho intramolecular Hbond substituents is 1. The minimum Gasteiger partial charge on any atom is -0.508 e. The average molecular weight is 448 g/mol. The number of aromatic hydroxyl groups is 1. The highest BCUT2D eigenvalue weighted by molar-refractivity contribution is 5.87. The number of ether oxygens (including phenoxy) is 1. The maximum atomic E-state index is 13.0. The molecule has 1 N–H and O–H groups in total. The number of carbonyl (C=O) groups is 2. The third-order valence-corrected chi connectivity index (χ3v) is 6.42. The number of hydrogen-bond acceptors (Lipinski definition) is 6. The summed E-state index contributed by atoms with van der Waals surface area (Å²) in [5.74, 6) is -0.0919. The molecule has 5 rings (SSSR count). The summed E-state index contributed by atoms with van der Waals surface area (Å²) in [6.45, 7) is 1.58. The molecule has 170 valence electrons. The molecule has 2 aromatic carbocycles. The molecule has 2 saturated heterocycles. The predicted molar refractivity (Wildman–Crippen MR) is 120 cm³/mol. The van der Waals surface area contributed by atoms with Crippen molar-refractivity contribution in [3.05, 3.63) is 76.1 Å².